The molecule has 3 nitrogen and oxygen atoms in total. The van der Waals surface area contributed by atoms with Crippen molar-refractivity contribution in [1.82, 2.24) is 4.57 Å². The van der Waals surface area contributed by atoms with Crippen LogP contribution in [0.2, 0.25) is 0 Å². The molecule has 0 saturated carbocycles. The van der Waals surface area contributed by atoms with E-state index in [1.54, 1.807) is 0 Å². The standard InChI is InChI=1S/C72H46N2O/c1-3-16-60-51(12-1)28-29-55-44-54(35-41-61(55)60)49-26-24-47(25-27-49)48-30-37-57(38-31-48)73(68-21-8-5-17-62(68)56-36-43-71-67(46-56)66-42-34-52-13-2-4-18-63(52)72(66)75-71)58-39-32-50(33-40-58)53-14-11-15-59(45-53)74-69-22-9-6-19-64(69)65-20-7-10-23-70(65)74/h1-46H. The van der Waals surface area contributed by atoms with Gasteiger partial charge in [0.05, 0.1) is 16.7 Å². The van der Waals surface area contributed by atoms with Crippen molar-refractivity contribution in [2.45, 2.75) is 0 Å². The van der Waals surface area contributed by atoms with E-state index in [0.717, 1.165) is 77.9 Å². The maximum atomic E-state index is 6.58. The molecule has 15 rings (SSSR count). The first-order valence-corrected chi connectivity index (χ1v) is 25.7. The van der Waals surface area contributed by atoms with Crippen molar-refractivity contribution in [3.63, 3.8) is 0 Å². The van der Waals surface area contributed by atoms with Crippen molar-refractivity contribution in [3.8, 4) is 50.2 Å². The van der Waals surface area contributed by atoms with Crippen LogP contribution < -0.4 is 4.90 Å². The Balaban J connectivity index is 0.808. The van der Waals surface area contributed by atoms with Crippen LogP contribution in [0.25, 0.3) is 126 Å². The minimum Gasteiger partial charge on any atom is -0.455 e. The summed E-state index contributed by atoms with van der Waals surface area (Å²) in [5.41, 5.74) is 17.8. The fraction of sp³-hybridized carbons (Fsp3) is 0. The zero-order chi connectivity index (χ0) is 49.4. The third-order valence-corrected chi connectivity index (χ3v) is 15.4. The highest BCUT2D eigenvalue weighted by atomic mass is 16.3. The van der Waals surface area contributed by atoms with Gasteiger partial charge in [-0.15, -0.1) is 0 Å². The molecule has 0 atom stereocenters. The second-order valence-electron chi connectivity index (χ2n) is 19.6. The summed E-state index contributed by atoms with van der Waals surface area (Å²) in [5, 5.41) is 12.1. The summed E-state index contributed by atoms with van der Waals surface area (Å²) in [6.07, 6.45) is 0. The van der Waals surface area contributed by atoms with E-state index in [1.807, 2.05) is 0 Å². The number of benzene rings is 13. The van der Waals surface area contributed by atoms with E-state index in [4.69, 9.17) is 4.42 Å². The van der Waals surface area contributed by atoms with Gasteiger partial charge in [0.25, 0.3) is 0 Å². The Bertz CT molecular complexity index is 4640. The maximum Gasteiger partial charge on any atom is 0.143 e. The van der Waals surface area contributed by atoms with Crippen molar-refractivity contribution >= 4 is 93.1 Å². The SMILES string of the molecule is c1cc(-c2ccc(N(c3ccc(-c4ccc(-c5ccc6c(ccc7ccccc76)c5)cc4)cc3)c3ccccc3-c3ccc4oc5c6ccccc6ccc5c4c3)cc2)cc(-n2c3ccccc3c3ccccc32)c1. The van der Waals surface area contributed by atoms with E-state index in [1.165, 1.54) is 65.4 Å². The molecule has 13 aromatic carbocycles. The molecule has 15 aromatic rings. The fourth-order valence-electron chi connectivity index (χ4n) is 11.7. The summed E-state index contributed by atoms with van der Waals surface area (Å²) in [6.45, 7) is 0. The molecule has 0 aliphatic carbocycles. The molecule has 0 aliphatic rings. The van der Waals surface area contributed by atoms with Gasteiger partial charge in [-0.3, -0.25) is 0 Å². The topological polar surface area (TPSA) is 21.3 Å². The molecule has 0 radical (unpaired) electrons. The first-order valence-electron chi connectivity index (χ1n) is 25.7. The second-order valence-corrected chi connectivity index (χ2v) is 19.6. The summed E-state index contributed by atoms with van der Waals surface area (Å²) in [4.78, 5) is 2.40. The number of para-hydroxylation sites is 3. The number of hydrogen-bond acceptors (Lipinski definition) is 2. The molecular weight excluding hydrogens is 909 g/mol. The minimum atomic E-state index is 0.881. The van der Waals surface area contributed by atoms with Crippen LogP contribution in [0.4, 0.5) is 17.1 Å². The molecule has 0 fully saturated rings. The Kier molecular flexibility index (Phi) is 9.89. The highest BCUT2D eigenvalue weighted by Gasteiger charge is 2.20. The van der Waals surface area contributed by atoms with Gasteiger partial charge in [-0.05, 0) is 145 Å². The number of aromatic nitrogens is 1. The van der Waals surface area contributed by atoms with Gasteiger partial charge in [0.15, 0.2) is 0 Å². The number of anilines is 3. The molecule has 0 saturated heterocycles. The predicted molar refractivity (Wildman–Crippen MR) is 317 cm³/mol. The van der Waals surface area contributed by atoms with Gasteiger partial charge in [-0.25, -0.2) is 0 Å². The minimum absolute atomic E-state index is 0.881. The van der Waals surface area contributed by atoms with E-state index in [0.29, 0.717) is 0 Å². The molecule has 350 valence electrons. The third-order valence-electron chi connectivity index (χ3n) is 15.4. The first-order chi connectivity index (χ1) is 37.2. The van der Waals surface area contributed by atoms with Crippen LogP contribution >= 0.6 is 0 Å². The van der Waals surface area contributed by atoms with Crippen LogP contribution in [0.15, 0.2) is 283 Å². The lowest BCUT2D eigenvalue weighted by molar-refractivity contribution is 0.672. The number of nitrogens with zero attached hydrogens (tertiary/aromatic N) is 2. The maximum absolute atomic E-state index is 6.58. The molecule has 0 aliphatic heterocycles. The Morgan fingerprint density at radius 2 is 0.773 bits per heavy atom. The second kappa shape index (κ2) is 17.4. The Morgan fingerprint density at radius 1 is 0.280 bits per heavy atom. The third kappa shape index (κ3) is 7.20. The molecule has 3 heteroatoms. The highest BCUT2D eigenvalue weighted by molar-refractivity contribution is 6.16. The predicted octanol–water partition coefficient (Wildman–Crippen LogP) is 20.3. The fourth-order valence-corrected chi connectivity index (χ4v) is 11.7. The Hall–Kier alpha value is -9.96. The van der Waals surface area contributed by atoms with Crippen LogP contribution in [-0.4, -0.2) is 4.57 Å². The molecule has 0 bridgehead atoms. The first kappa shape index (κ1) is 42.7. The van der Waals surface area contributed by atoms with E-state index in [-0.39, 0.29) is 0 Å². The molecular formula is C72H46N2O. The molecule has 2 aromatic heterocycles. The van der Waals surface area contributed by atoms with Crippen molar-refractivity contribution in [3.05, 3.63) is 279 Å². The van der Waals surface area contributed by atoms with Crippen LogP contribution in [0.5, 0.6) is 0 Å². The summed E-state index contributed by atoms with van der Waals surface area (Å²) in [5.74, 6) is 0. The summed E-state index contributed by atoms with van der Waals surface area (Å²) in [7, 11) is 0. The summed E-state index contributed by atoms with van der Waals surface area (Å²) in [6, 6.07) is 102. The highest BCUT2D eigenvalue weighted by Crippen LogP contribution is 2.44. The van der Waals surface area contributed by atoms with Crippen molar-refractivity contribution in [2.75, 3.05) is 4.90 Å². The average Bonchev–Trinajstić information content (AvgIpc) is 4.04. The molecule has 2 heterocycles. The van der Waals surface area contributed by atoms with E-state index in [9.17, 15) is 0 Å². The van der Waals surface area contributed by atoms with Gasteiger partial charge in [-0.1, -0.05) is 200 Å². The molecule has 0 N–H and O–H groups in total. The van der Waals surface area contributed by atoms with Crippen LogP contribution in [0.1, 0.15) is 0 Å². The van der Waals surface area contributed by atoms with Crippen LogP contribution in [0, 0.1) is 0 Å². The lowest BCUT2D eigenvalue weighted by Gasteiger charge is -2.28. The zero-order valence-corrected chi connectivity index (χ0v) is 40.9. The van der Waals surface area contributed by atoms with E-state index >= 15 is 0 Å². The Labute approximate surface area is 434 Å². The smallest absolute Gasteiger partial charge is 0.143 e. The number of furan rings is 1. The Morgan fingerprint density at radius 3 is 1.48 bits per heavy atom. The zero-order valence-electron chi connectivity index (χ0n) is 40.9. The van der Waals surface area contributed by atoms with E-state index < -0.39 is 0 Å². The van der Waals surface area contributed by atoms with Gasteiger partial charge >= 0.3 is 0 Å². The summed E-state index contributed by atoms with van der Waals surface area (Å²) >= 11 is 0. The lowest BCUT2D eigenvalue weighted by Crippen LogP contribution is -2.11. The number of rotatable bonds is 8. The van der Waals surface area contributed by atoms with Crippen LogP contribution in [-0.2, 0) is 0 Å². The van der Waals surface area contributed by atoms with Crippen molar-refractivity contribution in [2.24, 2.45) is 0 Å². The van der Waals surface area contributed by atoms with Crippen molar-refractivity contribution in [1.29, 1.82) is 0 Å². The molecule has 75 heavy (non-hydrogen) atoms. The number of fused-ring (bicyclic) bond motifs is 11. The largest absolute Gasteiger partial charge is 0.455 e. The van der Waals surface area contributed by atoms with Gasteiger partial charge in [-0.2, -0.15) is 0 Å². The van der Waals surface area contributed by atoms with Crippen LogP contribution in [0.3, 0.4) is 0 Å². The lowest BCUT2D eigenvalue weighted by atomic mass is 9.96. The summed E-state index contributed by atoms with van der Waals surface area (Å²) < 4.78 is 8.97. The van der Waals surface area contributed by atoms with Gasteiger partial charge < -0.3 is 13.9 Å². The number of hydrogen-bond donors (Lipinski definition) is 0. The quantitative estimate of drug-likeness (QED) is 0.142. The molecule has 0 unspecified atom stereocenters. The van der Waals surface area contributed by atoms with Gasteiger partial charge in [0.1, 0.15) is 11.2 Å². The average molecular weight is 955 g/mol. The van der Waals surface area contributed by atoms with Gasteiger partial charge in [0.2, 0.25) is 0 Å². The normalized spacial score (nSPS) is 11.7. The van der Waals surface area contributed by atoms with Crippen molar-refractivity contribution < 1.29 is 4.42 Å². The van der Waals surface area contributed by atoms with E-state index in [2.05, 4.69) is 289 Å². The molecule has 0 spiro atoms. The molecule has 0 amide bonds. The van der Waals surface area contributed by atoms with Gasteiger partial charge in [0, 0.05) is 49.6 Å². The monoisotopic (exact) mass is 954 g/mol.